The summed E-state index contributed by atoms with van der Waals surface area (Å²) in [5, 5.41) is 0. The summed E-state index contributed by atoms with van der Waals surface area (Å²) in [7, 11) is 0. The molecule has 2 nitrogen and oxygen atoms in total. The molecule has 4 heteroatoms. The summed E-state index contributed by atoms with van der Waals surface area (Å²) >= 11 is 0. The largest absolute Gasteiger partial charge is 0.372 e. The Morgan fingerprint density at radius 3 is 2.87 bits per heavy atom. The smallest absolute Gasteiger partial charge is 0.152 e. The third-order valence-corrected chi connectivity index (χ3v) is 4.01. The van der Waals surface area contributed by atoms with E-state index in [2.05, 4.69) is 13.2 Å². The van der Waals surface area contributed by atoms with Gasteiger partial charge in [0.1, 0.15) is 0 Å². The Morgan fingerprint density at radius 2 is 2.22 bits per heavy atom. The summed E-state index contributed by atoms with van der Waals surface area (Å²) < 4.78 is 18.0. The number of hydrogen-bond acceptors (Lipinski definition) is 2. The van der Waals surface area contributed by atoms with Gasteiger partial charge in [0.15, 0.2) is 5.78 Å². The van der Waals surface area contributed by atoms with Crippen LogP contribution in [0.25, 0.3) is 0 Å². The number of rotatable bonds is 6. The van der Waals surface area contributed by atoms with Crippen molar-refractivity contribution in [1.82, 2.24) is 0 Å². The minimum atomic E-state index is -0.390. The number of ketones is 1. The van der Waals surface area contributed by atoms with Gasteiger partial charge >= 0.3 is 0 Å². The second-order valence-corrected chi connectivity index (χ2v) is 5.40. The first kappa shape index (κ1) is 19.0. The monoisotopic (exact) mass is 320 g/mol. The lowest BCUT2D eigenvalue weighted by molar-refractivity contribution is -0.136. The number of carbonyl (C=O) groups is 1. The molecular weight excluding hydrogens is 298 g/mol. The van der Waals surface area contributed by atoms with E-state index in [1.165, 1.54) is 6.08 Å². The van der Waals surface area contributed by atoms with Crippen LogP contribution >= 0.6 is 0 Å². The van der Waals surface area contributed by atoms with Crippen LogP contribution in [0.2, 0.25) is 0 Å². The average Bonchev–Trinajstić information content (AvgIpc) is 2.55. The number of allylic oxidation sites excluding steroid dienone is 6. The Bertz CT molecular complexity index is 570. The summed E-state index contributed by atoms with van der Waals surface area (Å²) in [5.41, 5.74) is 1.82. The molecule has 1 heterocycles. The first-order valence-corrected chi connectivity index (χ1v) is 7.45. The van der Waals surface area contributed by atoms with Crippen molar-refractivity contribution in [2.24, 2.45) is 11.8 Å². The molecule has 1 aliphatic carbocycles. The fourth-order valence-electron chi connectivity index (χ4n) is 2.81. The minimum Gasteiger partial charge on any atom is -0.372 e. The van der Waals surface area contributed by atoms with Crippen LogP contribution in [0.15, 0.2) is 73.2 Å². The zero-order chi connectivity index (χ0) is 15.9. The summed E-state index contributed by atoms with van der Waals surface area (Å²) in [6.45, 7) is 7.73. The normalized spacial score (nSPS) is 27.2. The lowest BCUT2D eigenvalue weighted by atomic mass is 9.79. The third-order valence-electron chi connectivity index (χ3n) is 4.01. The van der Waals surface area contributed by atoms with Gasteiger partial charge < -0.3 is 4.74 Å². The van der Waals surface area contributed by atoms with E-state index in [1.807, 2.05) is 24.3 Å². The molecule has 0 amide bonds. The first-order valence-electron chi connectivity index (χ1n) is 7.45. The fourth-order valence-corrected chi connectivity index (χ4v) is 2.81. The van der Waals surface area contributed by atoms with E-state index in [0.29, 0.717) is 18.5 Å². The standard InChI is InChI=1S/C19H21FO2.FH/c1-3-5-7-14-9-10-18-16(12-14)19(21)17(13-22-18)15(4-2)8-6-11-20;/h3-4,6,8-12,16-18H,1-2,5,7,13H2;1H/b11-6+,15-8+;. The van der Waals surface area contributed by atoms with Gasteiger partial charge in [-0.2, -0.15) is 0 Å². The van der Waals surface area contributed by atoms with E-state index in [1.54, 1.807) is 12.2 Å². The Balaban J connectivity index is 0.00000264. The molecule has 0 aromatic rings. The van der Waals surface area contributed by atoms with E-state index in [-0.39, 0.29) is 22.5 Å². The molecule has 2 rings (SSSR count). The predicted octanol–water partition coefficient (Wildman–Crippen LogP) is 4.40. The van der Waals surface area contributed by atoms with Crippen LogP contribution in [-0.4, -0.2) is 18.5 Å². The molecule has 1 fully saturated rings. The fraction of sp³-hybridized carbons (Fsp3) is 0.316. The van der Waals surface area contributed by atoms with Crippen molar-refractivity contribution in [3.8, 4) is 0 Å². The lowest BCUT2D eigenvalue weighted by Gasteiger charge is -2.34. The molecule has 0 aromatic heterocycles. The highest BCUT2D eigenvalue weighted by Gasteiger charge is 2.38. The third kappa shape index (κ3) is 4.45. The van der Waals surface area contributed by atoms with Gasteiger partial charge in [-0.05, 0) is 24.5 Å². The van der Waals surface area contributed by atoms with E-state index in [9.17, 15) is 9.18 Å². The zero-order valence-corrected chi connectivity index (χ0v) is 13.0. The van der Waals surface area contributed by atoms with Crippen molar-refractivity contribution in [1.29, 1.82) is 0 Å². The van der Waals surface area contributed by atoms with Gasteiger partial charge in [-0.3, -0.25) is 9.50 Å². The van der Waals surface area contributed by atoms with Gasteiger partial charge in [0.2, 0.25) is 0 Å². The highest BCUT2D eigenvalue weighted by molar-refractivity contribution is 5.90. The average molecular weight is 320 g/mol. The van der Waals surface area contributed by atoms with Crippen molar-refractivity contribution < 1.29 is 18.6 Å². The summed E-state index contributed by atoms with van der Waals surface area (Å²) in [4.78, 5) is 12.8. The molecule has 0 N–H and O–H groups in total. The molecule has 1 saturated heterocycles. The second-order valence-electron chi connectivity index (χ2n) is 5.40. The van der Waals surface area contributed by atoms with E-state index < -0.39 is 5.92 Å². The van der Waals surface area contributed by atoms with Gasteiger partial charge in [0.05, 0.1) is 30.9 Å². The number of fused-ring (bicyclic) bond motifs is 1. The number of hydrogen-bond donors (Lipinski definition) is 0. The number of Topliss-reactive ketones (excluding diaryl/α,β-unsaturated/α-hetero) is 1. The van der Waals surface area contributed by atoms with Crippen LogP contribution in [0.3, 0.4) is 0 Å². The van der Waals surface area contributed by atoms with Gasteiger partial charge in [-0.25, -0.2) is 4.39 Å². The van der Waals surface area contributed by atoms with E-state index >= 15 is 0 Å². The maximum absolute atomic E-state index is 12.8. The predicted molar refractivity (Wildman–Crippen MR) is 89.4 cm³/mol. The molecule has 0 saturated carbocycles. The summed E-state index contributed by atoms with van der Waals surface area (Å²) in [6, 6.07) is 0. The highest BCUT2D eigenvalue weighted by atomic mass is 19.1. The quantitative estimate of drug-likeness (QED) is 0.536. The number of ether oxygens (including phenoxy) is 1. The van der Waals surface area contributed by atoms with Gasteiger partial charge in [-0.15, -0.1) is 6.58 Å². The summed E-state index contributed by atoms with van der Waals surface area (Å²) in [5.74, 6) is -0.560. The Hall–Kier alpha value is -2.07. The lowest BCUT2D eigenvalue weighted by Crippen LogP contribution is -2.42. The molecule has 23 heavy (non-hydrogen) atoms. The molecular formula is C19H22F2O2. The van der Waals surface area contributed by atoms with Crippen LogP contribution in [0.1, 0.15) is 12.8 Å². The molecule has 3 atom stereocenters. The molecule has 1 aliphatic heterocycles. The highest BCUT2D eigenvalue weighted by Crippen LogP contribution is 2.33. The molecule has 0 radical (unpaired) electrons. The SMILES string of the molecule is C=CCCC1=CC2C(=O)C(/C(C=C)=C/C=C/F)COC2C=C1.F. The van der Waals surface area contributed by atoms with Crippen LogP contribution in [0.4, 0.5) is 9.09 Å². The van der Waals surface area contributed by atoms with Crippen molar-refractivity contribution in [3.05, 3.63) is 73.2 Å². The Kier molecular flexibility index (Phi) is 7.55. The molecule has 124 valence electrons. The van der Waals surface area contributed by atoms with E-state index in [0.717, 1.165) is 18.4 Å². The molecule has 0 bridgehead atoms. The Labute approximate surface area is 135 Å². The summed E-state index contributed by atoms with van der Waals surface area (Å²) in [6.07, 6.45) is 14.3. The van der Waals surface area contributed by atoms with Crippen molar-refractivity contribution in [3.63, 3.8) is 0 Å². The van der Waals surface area contributed by atoms with Gasteiger partial charge in [-0.1, -0.05) is 48.6 Å². The molecule has 0 spiro atoms. The van der Waals surface area contributed by atoms with Crippen LogP contribution in [0.5, 0.6) is 0 Å². The second kappa shape index (κ2) is 9.16. The van der Waals surface area contributed by atoms with Gasteiger partial charge in [0.25, 0.3) is 0 Å². The topological polar surface area (TPSA) is 26.3 Å². The number of halogens is 2. The first-order chi connectivity index (χ1) is 10.7. The Morgan fingerprint density at radius 1 is 1.43 bits per heavy atom. The van der Waals surface area contributed by atoms with Crippen molar-refractivity contribution in [2.45, 2.75) is 18.9 Å². The maximum Gasteiger partial charge on any atom is 0.152 e. The molecule has 3 unspecified atom stereocenters. The van der Waals surface area contributed by atoms with Crippen molar-refractivity contribution >= 4 is 5.78 Å². The molecule has 0 aromatic carbocycles. The van der Waals surface area contributed by atoms with Crippen molar-refractivity contribution in [2.75, 3.05) is 6.61 Å². The van der Waals surface area contributed by atoms with Crippen LogP contribution < -0.4 is 0 Å². The zero-order valence-electron chi connectivity index (χ0n) is 13.0. The van der Waals surface area contributed by atoms with E-state index in [4.69, 9.17) is 4.74 Å². The van der Waals surface area contributed by atoms with Gasteiger partial charge in [0, 0.05) is 0 Å². The molecule has 2 aliphatic rings. The minimum absolute atomic E-state index is 0. The number of carbonyl (C=O) groups excluding carboxylic acids is 1. The maximum atomic E-state index is 12.8. The van der Waals surface area contributed by atoms with Crippen LogP contribution in [-0.2, 0) is 9.53 Å². The van der Waals surface area contributed by atoms with Crippen LogP contribution in [0, 0.1) is 11.8 Å².